The molecule has 1 fully saturated rings. The molecular weight excluding hydrogens is 443 g/mol. The minimum absolute atomic E-state index is 0. The molecule has 0 unspecified atom stereocenters. The maximum atomic E-state index is 5.92. The van der Waals surface area contributed by atoms with Gasteiger partial charge in [0.2, 0.25) is 0 Å². The van der Waals surface area contributed by atoms with Gasteiger partial charge in [-0.05, 0) is 31.4 Å². The van der Waals surface area contributed by atoms with Crippen LogP contribution in [-0.4, -0.2) is 70.5 Å². The van der Waals surface area contributed by atoms with Crippen LogP contribution in [0.2, 0.25) is 0 Å². The van der Waals surface area contributed by atoms with Gasteiger partial charge < -0.3 is 20.1 Å². The summed E-state index contributed by atoms with van der Waals surface area (Å²) in [6, 6.07) is 6.23. The van der Waals surface area contributed by atoms with Crippen molar-refractivity contribution in [1.29, 1.82) is 0 Å². The molecule has 7 heteroatoms. The summed E-state index contributed by atoms with van der Waals surface area (Å²) in [5, 5.41) is 6.70. The normalized spacial score (nSPS) is 15.3. The number of aliphatic imine (C=N–C) groups is 1. The highest BCUT2D eigenvalue weighted by atomic mass is 127. The fourth-order valence-electron chi connectivity index (χ4n) is 2.86. The SMILES string of the molecule is CN=C(NCCCOc1c(C)cccc1C)NCCN1CCOCC1.I. The van der Waals surface area contributed by atoms with Crippen molar-refractivity contribution in [3.63, 3.8) is 0 Å². The Labute approximate surface area is 174 Å². The third-order valence-electron chi connectivity index (χ3n) is 4.32. The van der Waals surface area contributed by atoms with Crippen molar-refractivity contribution < 1.29 is 9.47 Å². The zero-order valence-corrected chi connectivity index (χ0v) is 18.5. The van der Waals surface area contributed by atoms with E-state index in [1.807, 2.05) is 0 Å². The van der Waals surface area contributed by atoms with Crippen LogP contribution in [-0.2, 0) is 4.74 Å². The summed E-state index contributed by atoms with van der Waals surface area (Å²) in [5.74, 6) is 1.86. The number of aryl methyl sites for hydroxylation is 2. The highest BCUT2D eigenvalue weighted by Crippen LogP contribution is 2.22. The minimum Gasteiger partial charge on any atom is -0.493 e. The van der Waals surface area contributed by atoms with Crippen LogP contribution >= 0.6 is 24.0 Å². The van der Waals surface area contributed by atoms with E-state index in [2.05, 4.69) is 52.6 Å². The van der Waals surface area contributed by atoms with E-state index in [-0.39, 0.29) is 24.0 Å². The molecule has 0 aliphatic carbocycles. The Hall–Kier alpha value is -1.06. The molecule has 6 nitrogen and oxygen atoms in total. The van der Waals surface area contributed by atoms with Crippen LogP contribution in [0.15, 0.2) is 23.2 Å². The summed E-state index contributed by atoms with van der Waals surface area (Å²) in [4.78, 5) is 6.67. The molecule has 1 aliphatic heterocycles. The zero-order chi connectivity index (χ0) is 17.9. The maximum Gasteiger partial charge on any atom is 0.191 e. The van der Waals surface area contributed by atoms with Crippen molar-refractivity contribution in [3.8, 4) is 5.75 Å². The molecule has 0 aromatic heterocycles. The van der Waals surface area contributed by atoms with Crippen molar-refractivity contribution in [3.05, 3.63) is 29.3 Å². The highest BCUT2D eigenvalue weighted by Gasteiger charge is 2.09. The Balaban J connectivity index is 0.00000338. The lowest BCUT2D eigenvalue weighted by molar-refractivity contribution is 0.0389. The van der Waals surface area contributed by atoms with E-state index in [9.17, 15) is 0 Å². The van der Waals surface area contributed by atoms with E-state index in [0.29, 0.717) is 6.61 Å². The number of rotatable bonds is 8. The third-order valence-corrected chi connectivity index (χ3v) is 4.32. The molecule has 0 amide bonds. The fraction of sp³-hybridized carbons (Fsp3) is 0.632. The molecule has 1 aromatic carbocycles. The van der Waals surface area contributed by atoms with Gasteiger partial charge in [0.1, 0.15) is 5.75 Å². The Bertz CT molecular complexity index is 528. The Kier molecular flexibility index (Phi) is 11.6. The van der Waals surface area contributed by atoms with E-state index in [0.717, 1.165) is 64.1 Å². The fourth-order valence-corrected chi connectivity index (χ4v) is 2.86. The average Bonchev–Trinajstić information content (AvgIpc) is 2.63. The molecule has 26 heavy (non-hydrogen) atoms. The quantitative estimate of drug-likeness (QED) is 0.261. The van der Waals surface area contributed by atoms with Crippen molar-refractivity contribution in [1.82, 2.24) is 15.5 Å². The lowest BCUT2D eigenvalue weighted by atomic mass is 10.1. The lowest BCUT2D eigenvalue weighted by Crippen LogP contribution is -2.44. The number of hydrogen-bond donors (Lipinski definition) is 2. The molecule has 1 aromatic rings. The predicted molar refractivity (Wildman–Crippen MR) is 118 cm³/mol. The van der Waals surface area contributed by atoms with E-state index in [1.54, 1.807) is 7.05 Å². The van der Waals surface area contributed by atoms with Gasteiger partial charge in [0.25, 0.3) is 0 Å². The number of halogens is 1. The van der Waals surface area contributed by atoms with E-state index >= 15 is 0 Å². The van der Waals surface area contributed by atoms with Crippen molar-refractivity contribution in [2.24, 2.45) is 4.99 Å². The van der Waals surface area contributed by atoms with E-state index < -0.39 is 0 Å². The number of morpholine rings is 1. The van der Waals surface area contributed by atoms with Crippen LogP contribution in [0.25, 0.3) is 0 Å². The molecule has 0 spiro atoms. The van der Waals surface area contributed by atoms with Crippen molar-refractivity contribution in [2.75, 3.05) is 59.6 Å². The first-order chi connectivity index (χ1) is 12.2. The number of nitrogens with one attached hydrogen (secondary N) is 2. The molecule has 2 N–H and O–H groups in total. The molecule has 0 radical (unpaired) electrons. The number of hydrogen-bond acceptors (Lipinski definition) is 4. The van der Waals surface area contributed by atoms with Gasteiger partial charge in [-0.1, -0.05) is 18.2 Å². The number of ether oxygens (including phenoxy) is 2. The third kappa shape index (κ3) is 8.09. The number of benzene rings is 1. The predicted octanol–water partition coefficient (Wildman–Crippen LogP) is 2.19. The summed E-state index contributed by atoms with van der Waals surface area (Å²) in [7, 11) is 1.80. The summed E-state index contributed by atoms with van der Waals surface area (Å²) in [6.45, 7) is 11.3. The summed E-state index contributed by atoms with van der Waals surface area (Å²) in [5.41, 5.74) is 2.38. The van der Waals surface area contributed by atoms with Crippen LogP contribution in [0.5, 0.6) is 5.75 Å². The summed E-state index contributed by atoms with van der Waals surface area (Å²) in [6.07, 6.45) is 0.929. The summed E-state index contributed by atoms with van der Waals surface area (Å²) >= 11 is 0. The maximum absolute atomic E-state index is 5.92. The van der Waals surface area contributed by atoms with Gasteiger partial charge >= 0.3 is 0 Å². The average molecular weight is 476 g/mol. The molecule has 0 saturated carbocycles. The van der Waals surface area contributed by atoms with Crippen LogP contribution in [0.4, 0.5) is 0 Å². The van der Waals surface area contributed by atoms with Gasteiger partial charge in [-0.2, -0.15) is 0 Å². The van der Waals surface area contributed by atoms with Crippen molar-refractivity contribution in [2.45, 2.75) is 20.3 Å². The van der Waals surface area contributed by atoms with Gasteiger partial charge in [-0.15, -0.1) is 24.0 Å². The Morgan fingerprint density at radius 3 is 2.46 bits per heavy atom. The Morgan fingerprint density at radius 2 is 1.81 bits per heavy atom. The number of nitrogens with zero attached hydrogens (tertiary/aromatic N) is 2. The Morgan fingerprint density at radius 1 is 1.15 bits per heavy atom. The zero-order valence-electron chi connectivity index (χ0n) is 16.2. The second-order valence-corrected chi connectivity index (χ2v) is 6.30. The minimum atomic E-state index is 0. The standard InChI is InChI=1S/C19H32N4O2.HI/c1-16-6-4-7-17(2)18(16)25-13-5-8-21-19(20-3)22-9-10-23-11-14-24-15-12-23;/h4,6-7H,5,8-15H2,1-3H3,(H2,20,21,22);1H. The van der Waals surface area contributed by atoms with Crippen LogP contribution in [0.1, 0.15) is 17.5 Å². The summed E-state index contributed by atoms with van der Waals surface area (Å²) < 4.78 is 11.3. The topological polar surface area (TPSA) is 58.1 Å². The van der Waals surface area contributed by atoms with Gasteiger partial charge in [0.15, 0.2) is 5.96 Å². The molecule has 1 aliphatic rings. The monoisotopic (exact) mass is 476 g/mol. The molecule has 0 bridgehead atoms. The van der Waals surface area contributed by atoms with Crippen LogP contribution in [0, 0.1) is 13.8 Å². The van der Waals surface area contributed by atoms with Gasteiger partial charge in [0, 0.05) is 39.8 Å². The first-order valence-corrected chi connectivity index (χ1v) is 9.14. The molecule has 0 atom stereocenters. The van der Waals surface area contributed by atoms with E-state index in [1.165, 1.54) is 11.1 Å². The van der Waals surface area contributed by atoms with Crippen molar-refractivity contribution >= 4 is 29.9 Å². The van der Waals surface area contributed by atoms with Gasteiger partial charge in [-0.3, -0.25) is 9.89 Å². The van der Waals surface area contributed by atoms with Crippen LogP contribution < -0.4 is 15.4 Å². The molecule has 1 saturated heterocycles. The number of guanidine groups is 1. The largest absolute Gasteiger partial charge is 0.493 e. The van der Waals surface area contributed by atoms with Gasteiger partial charge in [-0.25, -0.2) is 0 Å². The smallest absolute Gasteiger partial charge is 0.191 e. The first-order valence-electron chi connectivity index (χ1n) is 9.14. The molecule has 148 valence electrons. The second-order valence-electron chi connectivity index (χ2n) is 6.30. The second kappa shape index (κ2) is 13.2. The molecule has 2 rings (SSSR count). The highest BCUT2D eigenvalue weighted by molar-refractivity contribution is 14.0. The first kappa shape index (κ1) is 23.0. The lowest BCUT2D eigenvalue weighted by Gasteiger charge is -2.26. The van der Waals surface area contributed by atoms with Crippen LogP contribution in [0.3, 0.4) is 0 Å². The molecule has 1 heterocycles. The molecular formula is C19H33IN4O2. The number of para-hydroxylation sites is 1. The van der Waals surface area contributed by atoms with E-state index in [4.69, 9.17) is 9.47 Å². The van der Waals surface area contributed by atoms with Gasteiger partial charge in [0.05, 0.1) is 19.8 Å².